The van der Waals surface area contributed by atoms with Gasteiger partial charge in [0.1, 0.15) is 0 Å². The van der Waals surface area contributed by atoms with Crippen LogP contribution in [-0.4, -0.2) is 28.3 Å². The zero-order valence-corrected chi connectivity index (χ0v) is 12.5. The van der Waals surface area contributed by atoms with Crippen molar-refractivity contribution >= 4 is 11.8 Å². The summed E-state index contributed by atoms with van der Waals surface area (Å²) < 4.78 is 1.97. The highest BCUT2D eigenvalue weighted by Gasteiger charge is 2.15. The minimum absolute atomic E-state index is 0.401. The number of hydrogen-bond donors (Lipinski definition) is 1. The van der Waals surface area contributed by atoms with Crippen LogP contribution in [-0.2, 0) is 7.05 Å². The summed E-state index contributed by atoms with van der Waals surface area (Å²) in [6.07, 6.45) is 4.72. The number of thioether (sulfide) groups is 1. The van der Waals surface area contributed by atoms with E-state index in [0.717, 1.165) is 12.2 Å². The molecule has 1 heterocycles. The van der Waals surface area contributed by atoms with Crippen LogP contribution in [0.1, 0.15) is 42.8 Å². The zero-order valence-electron chi connectivity index (χ0n) is 11.7. The maximum absolute atomic E-state index is 4.46. The minimum atomic E-state index is 0.401. The van der Waals surface area contributed by atoms with Crippen molar-refractivity contribution in [1.29, 1.82) is 0 Å². The molecule has 1 rings (SSSR count). The fourth-order valence-corrected chi connectivity index (χ4v) is 2.70. The lowest BCUT2D eigenvalue weighted by Gasteiger charge is -2.14. The van der Waals surface area contributed by atoms with Crippen LogP contribution in [0.2, 0.25) is 0 Å². The Morgan fingerprint density at radius 2 is 2.06 bits per heavy atom. The molecule has 17 heavy (non-hydrogen) atoms. The smallest absolute Gasteiger partial charge is 0.0644 e. The lowest BCUT2D eigenvalue weighted by molar-refractivity contribution is 0.551. The first-order chi connectivity index (χ1) is 8.07. The van der Waals surface area contributed by atoms with Gasteiger partial charge in [-0.05, 0) is 52.2 Å². The highest BCUT2D eigenvalue weighted by Crippen LogP contribution is 2.20. The van der Waals surface area contributed by atoms with E-state index >= 15 is 0 Å². The van der Waals surface area contributed by atoms with Crippen molar-refractivity contribution in [2.75, 3.05) is 18.6 Å². The fourth-order valence-electron chi connectivity index (χ4n) is 2.21. The van der Waals surface area contributed by atoms with E-state index in [9.17, 15) is 0 Å². The number of unbranched alkanes of at least 4 members (excludes halogenated alkanes) is 1. The minimum Gasteiger partial charge on any atom is -0.310 e. The van der Waals surface area contributed by atoms with E-state index in [1.54, 1.807) is 0 Å². The molecule has 0 radical (unpaired) electrons. The summed E-state index contributed by atoms with van der Waals surface area (Å²) in [6.45, 7) is 7.55. The van der Waals surface area contributed by atoms with Crippen molar-refractivity contribution < 1.29 is 0 Å². The van der Waals surface area contributed by atoms with Crippen molar-refractivity contribution in [2.24, 2.45) is 7.05 Å². The third kappa shape index (κ3) is 4.03. The zero-order chi connectivity index (χ0) is 12.8. The van der Waals surface area contributed by atoms with Gasteiger partial charge in [0.05, 0.1) is 5.69 Å². The van der Waals surface area contributed by atoms with Crippen LogP contribution in [0.3, 0.4) is 0 Å². The van der Waals surface area contributed by atoms with Crippen molar-refractivity contribution in [2.45, 2.75) is 39.7 Å². The fraction of sp³-hybridized carbons (Fsp3) is 0.769. The van der Waals surface area contributed by atoms with Crippen LogP contribution in [0.25, 0.3) is 0 Å². The van der Waals surface area contributed by atoms with Crippen LogP contribution in [0.4, 0.5) is 0 Å². The molecular weight excluding hydrogens is 230 g/mol. The van der Waals surface area contributed by atoms with Crippen molar-refractivity contribution in [3.63, 3.8) is 0 Å². The van der Waals surface area contributed by atoms with Crippen molar-refractivity contribution in [3.05, 3.63) is 17.0 Å². The third-order valence-electron chi connectivity index (χ3n) is 3.22. The van der Waals surface area contributed by atoms with Gasteiger partial charge in [-0.1, -0.05) is 0 Å². The van der Waals surface area contributed by atoms with Gasteiger partial charge in [-0.2, -0.15) is 16.9 Å². The van der Waals surface area contributed by atoms with Gasteiger partial charge in [0, 0.05) is 24.3 Å². The first-order valence-electron chi connectivity index (χ1n) is 6.30. The first kappa shape index (κ1) is 14.6. The standard InChI is InChI=1S/C13H25N3S/c1-10(14-8-6-7-9-17-5)13-11(2)15-16(4)12(13)3/h10,14H,6-9H2,1-5H3. The monoisotopic (exact) mass is 255 g/mol. The molecule has 0 saturated carbocycles. The maximum atomic E-state index is 4.46. The van der Waals surface area contributed by atoms with Crippen LogP contribution >= 0.6 is 11.8 Å². The largest absolute Gasteiger partial charge is 0.310 e. The second kappa shape index (κ2) is 7.07. The predicted octanol–water partition coefficient (Wildman–Crippen LogP) is 2.83. The third-order valence-corrected chi connectivity index (χ3v) is 3.92. The van der Waals surface area contributed by atoms with E-state index in [1.807, 2.05) is 23.5 Å². The van der Waals surface area contributed by atoms with Gasteiger partial charge in [-0.25, -0.2) is 0 Å². The van der Waals surface area contributed by atoms with Gasteiger partial charge in [-0.15, -0.1) is 0 Å². The second-order valence-electron chi connectivity index (χ2n) is 4.58. The van der Waals surface area contributed by atoms with Crippen molar-refractivity contribution in [1.82, 2.24) is 15.1 Å². The van der Waals surface area contributed by atoms with E-state index in [0.29, 0.717) is 6.04 Å². The number of aryl methyl sites for hydroxylation is 2. The molecule has 0 saturated heterocycles. The molecule has 1 aromatic rings. The van der Waals surface area contributed by atoms with Gasteiger partial charge in [-0.3, -0.25) is 4.68 Å². The summed E-state index contributed by atoms with van der Waals surface area (Å²) in [5, 5.41) is 8.05. The Morgan fingerprint density at radius 3 is 2.59 bits per heavy atom. The van der Waals surface area contributed by atoms with Crippen LogP contribution in [0, 0.1) is 13.8 Å². The summed E-state index contributed by atoms with van der Waals surface area (Å²) in [5.41, 5.74) is 3.78. The van der Waals surface area contributed by atoms with E-state index in [1.165, 1.54) is 29.9 Å². The molecule has 0 aliphatic carbocycles. The first-order valence-corrected chi connectivity index (χ1v) is 7.69. The quantitative estimate of drug-likeness (QED) is 0.760. The Balaban J connectivity index is 2.44. The summed E-state index contributed by atoms with van der Waals surface area (Å²) in [4.78, 5) is 0. The summed E-state index contributed by atoms with van der Waals surface area (Å²) in [6, 6.07) is 0.401. The number of rotatable bonds is 7. The molecule has 3 nitrogen and oxygen atoms in total. The van der Waals surface area contributed by atoms with Gasteiger partial charge in [0.2, 0.25) is 0 Å². The maximum Gasteiger partial charge on any atom is 0.0644 e. The molecule has 1 aromatic heterocycles. The van der Waals surface area contributed by atoms with Crippen LogP contribution < -0.4 is 5.32 Å². The number of nitrogens with one attached hydrogen (secondary N) is 1. The average molecular weight is 255 g/mol. The van der Waals surface area contributed by atoms with Gasteiger partial charge in [0.25, 0.3) is 0 Å². The highest BCUT2D eigenvalue weighted by molar-refractivity contribution is 7.98. The van der Waals surface area contributed by atoms with E-state index in [4.69, 9.17) is 0 Å². The van der Waals surface area contributed by atoms with Gasteiger partial charge < -0.3 is 5.32 Å². The molecule has 0 aliphatic rings. The van der Waals surface area contributed by atoms with Crippen LogP contribution in [0.5, 0.6) is 0 Å². The predicted molar refractivity (Wildman–Crippen MR) is 76.7 cm³/mol. The van der Waals surface area contributed by atoms with E-state index < -0.39 is 0 Å². The lowest BCUT2D eigenvalue weighted by Crippen LogP contribution is -2.21. The Bertz CT molecular complexity index is 347. The van der Waals surface area contributed by atoms with Gasteiger partial charge in [0.15, 0.2) is 0 Å². The van der Waals surface area contributed by atoms with Crippen LogP contribution in [0.15, 0.2) is 0 Å². The molecule has 0 aromatic carbocycles. The Labute approximate surface area is 109 Å². The molecule has 0 aliphatic heterocycles. The molecular formula is C13H25N3S. The Morgan fingerprint density at radius 1 is 1.35 bits per heavy atom. The Kier molecular flexibility index (Phi) is 6.06. The molecule has 0 amide bonds. The van der Waals surface area contributed by atoms with E-state index in [2.05, 4.69) is 37.4 Å². The molecule has 4 heteroatoms. The molecule has 0 fully saturated rings. The van der Waals surface area contributed by atoms with E-state index in [-0.39, 0.29) is 0 Å². The topological polar surface area (TPSA) is 29.9 Å². The Hall–Kier alpha value is -0.480. The second-order valence-corrected chi connectivity index (χ2v) is 5.57. The average Bonchev–Trinajstić information content (AvgIpc) is 2.53. The number of aromatic nitrogens is 2. The van der Waals surface area contributed by atoms with Gasteiger partial charge >= 0.3 is 0 Å². The molecule has 0 spiro atoms. The lowest BCUT2D eigenvalue weighted by atomic mass is 10.1. The summed E-state index contributed by atoms with van der Waals surface area (Å²) in [7, 11) is 2.01. The molecule has 1 N–H and O–H groups in total. The highest BCUT2D eigenvalue weighted by atomic mass is 32.2. The number of nitrogens with zero attached hydrogens (tertiary/aromatic N) is 2. The summed E-state index contributed by atoms with van der Waals surface area (Å²) >= 11 is 1.92. The molecule has 1 unspecified atom stereocenters. The SMILES string of the molecule is CSCCCCNC(C)c1c(C)nn(C)c1C. The normalized spacial score (nSPS) is 13.0. The summed E-state index contributed by atoms with van der Waals surface area (Å²) in [5.74, 6) is 1.26. The number of hydrogen-bond acceptors (Lipinski definition) is 3. The molecule has 0 bridgehead atoms. The van der Waals surface area contributed by atoms with Crippen molar-refractivity contribution in [3.8, 4) is 0 Å². The molecule has 98 valence electrons. The molecule has 1 atom stereocenters.